The standard InChI is InChI=1S/C11H17N5S/c1-15(5-9-4-13-16(2)6-9)7-10-8-17-11(3-12)14-10/h4,6,8H,3,5,7,12H2,1-2H3. The first-order valence-electron chi connectivity index (χ1n) is 5.47. The third-order valence-electron chi connectivity index (χ3n) is 2.42. The zero-order chi connectivity index (χ0) is 12.3. The summed E-state index contributed by atoms with van der Waals surface area (Å²) >= 11 is 1.62. The molecule has 17 heavy (non-hydrogen) atoms. The number of thiazole rings is 1. The molecule has 2 heterocycles. The number of aromatic nitrogens is 3. The second-order valence-corrected chi connectivity index (χ2v) is 5.07. The lowest BCUT2D eigenvalue weighted by molar-refractivity contribution is 0.315. The molecule has 92 valence electrons. The molecule has 5 nitrogen and oxygen atoms in total. The van der Waals surface area contributed by atoms with Crippen molar-refractivity contribution in [1.29, 1.82) is 0 Å². The average molecular weight is 251 g/mol. The summed E-state index contributed by atoms with van der Waals surface area (Å²) in [5.41, 5.74) is 7.84. The third kappa shape index (κ3) is 3.36. The second kappa shape index (κ2) is 5.39. The van der Waals surface area contributed by atoms with Crippen LogP contribution in [0.3, 0.4) is 0 Å². The maximum Gasteiger partial charge on any atom is 0.106 e. The van der Waals surface area contributed by atoms with Crippen molar-refractivity contribution in [3.05, 3.63) is 34.0 Å². The van der Waals surface area contributed by atoms with Gasteiger partial charge in [-0.3, -0.25) is 9.58 Å². The van der Waals surface area contributed by atoms with E-state index in [1.54, 1.807) is 11.3 Å². The molecule has 2 aromatic heterocycles. The number of rotatable bonds is 5. The van der Waals surface area contributed by atoms with Crippen molar-refractivity contribution >= 4 is 11.3 Å². The first-order chi connectivity index (χ1) is 8.17. The molecule has 6 heteroatoms. The van der Waals surface area contributed by atoms with Crippen molar-refractivity contribution in [3.8, 4) is 0 Å². The van der Waals surface area contributed by atoms with Gasteiger partial charge >= 0.3 is 0 Å². The van der Waals surface area contributed by atoms with E-state index in [-0.39, 0.29) is 0 Å². The topological polar surface area (TPSA) is 60.0 Å². The van der Waals surface area contributed by atoms with Crippen LogP contribution in [0.25, 0.3) is 0 Å². The van der Waals surface area contributed by atoms with E-state index >= 15 is 0 Å². The van der Waals surface area contributed by atoms with Crippen molar-refractivity contribution in [3.63, 3.8) is 0 Å². The van der Waals surface area contributed by atoms with Gasteiger partial charge in [-0.1, -0.05) is 0 Å². The van der Waals surface area contributed by atoms with Gasteiger partial charge in [0.2, 0.25) is 0 Å². The predicted molar refractivity (Wildman–Crippen MR) is 68.4 cm³/mol. The van der Waals surface area contributed by atoms with E-state index in [1.165, 1.54) is 5.56 Å². The minimum atomic E-state index is 0.525. The van der Waals surface area contributed by atoms with E-state index in [0.717, 1.165) is 23.8 Å². The molecule has 0 amide bonds. The van der Waals surface area contributed by atoms with Crippen LogP contribution < -0.4 is 5.73 Å². The molecular weight excluding hydrogens is 234 g/mol. The van der Waals surface area contributed by atoms with Crippen LogP contribution in [0.4, 0.5) is 0 Å². The van der Waals surface area contributed by atoms with E-state index in [0.29, 0.717) is 6.54 Å². The summed E-state index contributed by atoms with van der Waals surface area (Å²) in [5.74, 6) is 0. The van der Waals surface area contributed by atoms with Crippen LogP contribution >= 0.6 is 11.3 Å². The highest BCUT2D eigenvalue weighted by atomic mass is 32.1. The fraction of sp³-hybridized carbons (Fsp3) is 0.455. The number of nitrogens with two attached hydrogens (primary N) is 1. The molecule has 0 bridgehead atoms. The lowest BCUT2D eigenvalue weighted by Gasteiger charge is -2.13. The van der Waals surface area contributed by atoms with Crippen LogP contribution in [-0.2, 0) is 26.7 Å². The Morgan fingerprint density at radius 1 is 1.47 bits per heavy atom. The van der Waals surface area contributed by atoms with E-state index < -0.39 is 0 Å². The number of aryl methyl sites for hydroxylation is 1. The average Bonchev–Trinajstić information content (AvgIpc) is 2.88. The molecule has 2 aromatic rings. The molecule has 0 aliphatic carbocycles. The van der Waals surface area contributed by atoms with Gasteiger partial charge in [0.25, 0.3) is 0 Å². The van der Waals surface area contributed by atoms with Crippen molar-refractivity contribution < 1.29 is 0 Å². The summed E-state index contributed by atoms with van der Waals surface area (Å²) in [6, 6.07) is 0. The Kier molecular flexibility index (Phi) is 3.88. The zero-order valence-electron chi connectivity index (χ0n) is 10.1. The zero-order valence-corrected chi connectivity index (χ0v) is 10.9. The highest BCUT2D eigenvalue weighted by Crippen LogP contribution is 2.11. The maximum absolute atomic E-state index is 5.54. The first-order valence-corrected chi connectivity index (χ1v) is 6.34. The molecule has 0 unspecified atom stereocenters. The van der Waals surface area contributed by atoms with Crippen molar-refractivity contribution in [2.24, 2.45) is 12.8 Å². The van der Waals surface area contributed by atoms with Gasteiger partial charge in [0.05, 0.1) is 11.9 Å². The molecule has 0 spiro atoms. The molecule has 0 aliphatic rings. The molecule has 0 fully saturated rings. The highest BCUT2D eigenvalue weighted by molar-refractivity contribution is 7.09. The van der Waals surface area contributed by atoms with E-state index in [2.05, 4.69) is 27.4 Å². The van der Waals surface area contributed by atoms with Crippen LogP contribution in [0.15, 0.2) is 17.8 Å². The van der Waals surface area contributed by atoms with Crippen molar-refractivity contribution in [2.75, 3.05) is 7.05 Å². The summed E-state index contributed by atoms with van der Waals surface area (Å²) in [7, 11) is 4.01. The van der Waals surface area contributed by atoms with Crippen molar-refractivity contribution in [1.82, 2.24) is 19.7 Å². The normalized spacial score (nSPS) is 11.3. The number of nitrogens with zero attached hydrogens (tertiary/aromatic N) is 4. The predicted octanol–water partition coefficient (Wildman–Crippen LogP) is 0.967. The Labute approximate surface area is 105 Å². The summed E-state index contributed by atoms with van der Waals surface area (Å²) in [5, 5.41) is 7.22. The lowest BCUT2D eigenvalue weighted by atomic mass is 10.3. The number of hydrogen-bond acceptors (Lipinski definition) is 5. The van der Waals surface area contributed by atoms with Gasteiger partial charge in [-0.25, -0.2) is 4.98 Å². The minimum absolute atomic E-state index is 0.525. The Morgan fingerprint density at radius 3 is 2.88 bits per heavy atom. The van der Waals surface area contributed by atoms with Gasteiger partial charge in [-0.2, -0.15) is 5.10 Å². The maximum atomic E-state index is 5.54. The lowest BCUT2D eigenvalue weighted by Crippen LogP contribution is -2.17. The van der Waals surface area contributed by atoms with Crippen LogP contribution in [0, 0.1) is 0 Å². The minimum Gasteiger partial charge on any atom is -0.325 e. The molecule has 0 saturated carbocycles. The van der Waals surface area contributed by atoms with Gasteiger partial charge in [-0.15, -0.1) is 11.3 Å². The van der Waals surface area contributed by atoms with E-state index in [4.69, 9.17) is 5.73 Å². The molecule has 0 aliphatic heterocycles. The Hall–Kier alpha value is -1.24. The Balaban J connectivity index is 1.90. The Bertz CT molecular complexity index is 476. The summed E-state index contributed by atoms with van der Waals surface area (Å²) in [6.45, 7) is 2.24. The van der Waals surface area contributed by atoms with Gasteiger partial charge < -0.3 is 5.73 Å². The first kappa shape index (κ1) is 12.2. The molecule has 0 aromatic carbocycles. The summed E-state index contributed by atoms with van der Waals surface area (Å²) in [4.78, 5) is 6.66. The fourth-order valence-electron chi connectivity index (χ4n) is 1.71. The highest BCUT2D eigenvalue weighted by Gasteiger charge is 2.06. The van der Waals surface area contributed by atoms with E-state index in [1.807, 2.05) is 24.1 Å². The monoisotopic (exact) mass is 251 g/mol. The third-order valence-corrected chi connectivity index (χ3v) is 3.34. The smallest absolute Gasteiger partial charge is 0.106 e. The Morgan fingerprint density at radius 2 is 2.29 bits per heavy atom. The van der Waals surface area contributed by atoms with Crippen LogP contribution in [0.2, 0.25) is 0 Å². The summed E-state index contributed by atoms with van der Waals surface area (Å²) < 4.78 is 1.82. The fourth-order valence-corrected chi connectivity index (χ4v) is 2.38. The summed E-state index contributed by atoms with van der Waals surface area (Å²) in [6.07, 6.45) is 3.92. The SMILES string of the molecule is CN(Cc1cnn(C)c1)Cc1csc(CN)n1. The molecule has 0 atom stereocenters. The van der Waals surface area contributed by atoms with Gasteiger partial charge in [0, 0.05) is 43.8 Å². The van der Waals surface area contributed by atoms with Crippen LogP contribution in [0.5, 0.6) is 0 Å². The molecule has 2 rings (SSSR count). The van der Waals surface area contributed by atoms with Gasteiger partial charge in [0.1, 0.15) is 5.01 Å². The van der Waals surface area contributed by atoms with Gasteiger partial charge in [-0.05, 0) is 7.05 Å². The molecule has 2 N–H and O–H groups in total. The van der Waals surface area contributed by atoms with Crippen LogP contribution in [-0.4, -0.2) is 26.7 Å². The molecule has 0 radical (unpaired) electrons. The largest absolute Gasteiger partial charge is 0.325 e. The molecule has 0 saturated heterocycles. The van der Waals surface area contributed by atoms with E-state index in [9.17, 15) is 0 Å². The van der Waals surface area contributed by atoms with Crippen LogP contribution in [0.1, 0.15) is 16.3 Å². The molecular formula is C11H17N5S. The quantitative estimate of drug-likeness (QED) is 0.860. The van der Waals surface area contributed by atoms with Crippen molar-refractivity contribution in [2.45, 2.75) is 19.6 Å². The number of hydrogen-bond donors (Lipinski definition) is 1. The second-order valence-electron chi connectivity index (χ2n) is 4.13. The van der Waals surface area contributed by atoms with Gasteiger partial charge in [0.15, 0.2) is 0 Å².